The highest BCUT2D eigenvalue weighted by molar-refractivity contribution is 5.88. The Labute approximate surface area is 89.2 Å². The van der Waals surface area contributed by atoms with Crippen molar-refractivity contribution in [2.24, 2.45) is 7.05 Å². The molecule has 0 spiro atoms. The van der Waals surface area contributed by atoms with Gasteiger partial charge in [-0.2, -0.15) is 0 Å². The molecule has 1 saturated carbocycles. The molecule has 1 N–H and O–H groups in total. The van der Waals surface area contributed by atoms with E-state index in [9.17, 15) is 4.79 Å². The predicted molar refractivity (Wildman–Crippen MR) is 56.7 cm³/mol. The Kier molecular flexibility index (Phi) is 2.31. The summed E-state index contributed by atoms with van der Waals surface area (Å²) in [5, 5.41) is 3.30. The van der Waals surface area contributed by atoms with Gasteiger partial charge in [-0.1, -0.05) is 0 Å². The number of methoxy groups -OCH3 is 1. The maximum absolute atomic E-state index is 11.4. The molecule has 1 aliphatic rings. The SMILES string of the molecule is CNC1(c2cc(C(=O)OC)n(C)c2)CC1. The first kappa shape index (κ1) is 10.2. The number of carbonyl (C=O) groups is 1. The Morgan fingerprint density at radius 2 is 2.27 bits per heavy atom. The third-order valence-corrected chi connectivity index (χ3v) is 3.18. The number of aryl methyl sites for hydroxylation is 1. The number of hydrogen-bond donors (Lipinski definition) is 1. The van der Waals surface area contributed by atoms with Crippen LogP contribution in [0.15, 0.2) is 12.3 Å². The van der Waals surface area contributed by atoms with Gasteiger partial charge in [-0.05, 0) is 31.5 Å². The van der Waals surface area contributed by atoms with Crippen LogP contribution in [0.2, 0.25) is 0 Å². The van der Waals surface area contributed by atoms with Crippen molar-refractivity contribution in [1.82, 2.24) is 9.88 Å². The summed E-state index contributed by atoms with van der Waals surface area (Å²) >= 11 is 0. The van der Waals surface area contributed by atoms with E-state index in [0.29, 0.717) is 5.69 Å². The maximum Gasteiger partial charge on any atom is 0.354 e. The Balaban J connectivity index is 2.33. The third-order valence-electron chi connectivity index (χ3n) is 3.18. The summed E-state index contributed by atoms with van der Waals surface area (Å²) in [7, 11) is 5.22. The number of esters is 1. The molecule has 1 heterocycles. The lowest BCUT2D eigenvalue weighted by atomic mass is 10.1. The Hall–Kier alpha value is -1.29. The lowest BCUT2D eigenvalue weighted by Gasteiger charge is -2.10. The van der Waals surface area contributed by atoms with E-state index in [0.717, 1.165) is 12.8 Å². The zero-order valence-corrected chi connectivity index (χ0v) is 9.33. The molecule has 1 aliphatic carbocycles. The minimum Gasteiger partial charge on any atom is -0.464 e. The summed E-state index contributed by atoms with van der Waals surface area (Å²) in [6, 6.07) is 1.91. The first-order valence-electron chi connectivity index (χ1n) is 5.07. The van der Waals surface area contributed by atoms with Crippen molar-refractivity contribution >= 4 is 5.97 Å². The Morgan fingerprint density at radius 3 is 2.73 bits per heavy atom. The van der Waals surface area contributed by atoms with Gasteiger partial charge >= 0.3 is 5.97 Å². The number of ether oxygens (including phenoxy) is 1. The molecule has 15 heavy (non-hydrogen) atoms. The van der Waals surface area contributed by atoms with E-state index in [1.807, 2.05) is 30.9 Å². The summed E-state index contributed by atoms with van der Waals surface area (Å²) in [5.74, 6) is -0.282. The highest BCUT2D eigenvalue weighted by Gasteiger charge is 2.43. The average Bonchev–Trinajstić information content (AvgIpc) is 2.96. The summed E-state index contributed by atoms with van der Waals surface area (Å²) in [5.41, 5.74) is 1.88. The number of nitrogens with one attached hydrogen (secondary N) is 1. The fourth-order valence-electron chi connectivity index (χ4n) is 1.94. The van der Waals surface area contributed by atoms with Gasteiger partial charge in [-0.15, -0.1) is 0 Å². The van der Waals surface area contributed by atoms with Crippen LogP contribution < -0.4 is 5.32 Å². The second kappa shape index (κ2) is 3.38. The van der Waals surface area contributed by atoms with Crippen LogP contribution in [0.5, 0.6) is 0 Å². The van der Waals surface area contributed by atoms with Crippen molar-refractivity contribution in [3.8, 4) is 0 Å². The van der Waals surface area contributed by atoms with Gasteiger partial charge in [0.2, 0.25) is 0 Å². The minimum absolute atomic E-state index is 0.101. The van der Waals surface area contributed by atoms with Crippen molar-refractivity contribution in [3.63, 3.8) is 0 Å². The van der Waals surface area contributed by atoms with Gasteiger partial charge in [0.05, 0.1) is 7.11 Å². The van der Waals surface area contributed by atoms with Crippen molar-refractivity contribution < 1.29 is 9.53 Å². The van der Waals surface area contributed by atoms with Crippen molar-refractivity contribution in [3.05, 3.63) is 23.5 Å². The Morgan fingerprint density at radius 1 is 1.60 bits per heavy atom. The molecular weight excluding hydrogens is 192 g/mol. The van der Waals surface area contributed by atoms with E-state index in [4.69, 9.17) is 4.74 Å². The second-order valence-corrected chi connectivity index (χ2v) is 4.05. The van der Waals surface area contributed by atoms with Gasteiger partial charge in [0, 0.05) is 18.8 Å². The molecular formula is C11H16N2O2. The van der Waals surface area contributed by atoms with Crippen LogP contribution in [0.1, 0.15) is 28.9 Å². The van der Waals surface area contributed by atoms with Gasteiger partial charge in [0.15, 0.2) is 0 Å². The quantitative estimate of drug-likeness (QED) is 0.754. The summed E-state index contributed by atoms with van der Waals surface area (Å²) in [6.45, 7) is 0. The number of aromatic nitrogens is 1. The van der Waals surface area contributed by atoms with Crippen molar-refractivity contribution in [2.75, 3.05) is 14.2 Å². The topological polar surface area (TPSA) is 43.3 Å². The number of nitrogens with zero attached hydrogens (tertiary/aromatic N) is 1. The van der Waals surface area contributed by atoms with E-state index in [-0.39, 0.29) is 11.5 Å². The van der Waals surface area contributed by atoms with Gasteiger partial charge in [-0.25, -0.2) is 4.79 Å². The molecule has 0 saturated heterocycles. The highest BCUT2D eigenvalue weighted by atomic mass is 16.5. The molecule has 1 fully saturated rings. The van der Waals surface area contributed by atoms with Gasteiger partial charge < -0.3 is 14.6 Å². The second-order valence-electron chi connectivity index (χ2n) is 4.05. The Bertz CT molecular complexity index is 391. The monoisotopic (exact) mass is 208 g/mol. The molecule has 0 radical (unpaired) electrons. The van der Waals surface area contributed by atoms with Crippen LogP contribution in [0.3, 0.4) is 0 Å². The lowest BCUT2D eigenvalue weighted by Crippen LogP contribution is -2.23. The highest BCUT2D eigenvalue weighted by Crippen LogP contribution is 2.45. The van der Waals surface area contributed by atoms with E-state index >= 15 is 0 Å². The van der Waals surface area contributed by atoms with Crippen LogP contribution in [0, 0.1) is 0 Å². The van der Waals surface area contributed by atoms with Crippen LogP contribution >= 0.6 is 0 Å². The van der Waals surface area contributed by atoms with Crippen LogP contribution in [-0.4, -0.2) is 24.7 Å². The van der Waals surface area contributed by atoms with Crippen LogP contribution in [0.4, 0.5) is 0 Å². The molecule has 0 atom stereocenters. The van der Waals surface area contributed by atoms with Crippen molar-refractivity contribution in [1.29, 1.82) is 0 Å². The smallest absolute Gasteiger partial charge is 0.354 e. The van der Waals surface area contributed by atoms with E-state index in [2.05, 4.69) is 5.32 Å². The fourth-order valence-corrected chi connectivity index (χ4v) is 1.94. The van der Waals surface area contributed by atoms with Gasteiger partial charge in [0.1, 0.15) is 5.69 Å². The van der Waals surface area contributed by atoms with E-state index in [1.165, 1.54) is 12.7 Å². The van der Waals surface area contributed by atoms with Crippen LogP contribution in [-0.2, 0) is 17.3 Å². The number of rotatable bonds is 3. The molecule has 0 unspecified atom stereocenters. The molecule has 1 aromatic rings. The first-order chi connectivity index (χ1) is 7.13. The summed E-state index contributed by atoms with van der Waals surface area (Å²) < 4.78 is 6.53. The summed E-state index contributed by atoms with van der Waals surface area (Å²) in [4.78, 5) is 11.4. The number of hydrogen-bond acceptors (Lipinski definition) is 3. The standard InChI is InChI=1S/C11H16N2O2/c1-12-11(4-5-11)8-6-9(10(14)15-3)13(2)7-8/h6-7,12H,4-5H2,1-3H3. The van der Waals surface area contributed by atoms with Gasteiger partial charge in [-0.3, -0.25) is 0 Å². The zero-order valence-electron chi connectivity index (χ0n) is 9.33. The van der Waals surface area contributed by atoms with E-state index in [1.54, 1.807) is 0 Å². The summed E-state index contributed by atoms with van der Waals surface area (Å²) in [6.07, 6.45) is 4.26. The third kappa shape index (κ3) is 1.55. The molecule has 0 amide bonds. The average molecular weight is 208 g/mol. The molecule has 0 aliphatic heterocycles. The molecule has 82 valence electrons. The predicted octanol–water partition coefficient (Wildman–Crippen LogP) is 1.02. The maximum atomic E-state index is 11.4. The molecule has 0 aromatic carbocycles. The molecule has 2 rings (SSSR count). The molecule has 4 nitrogen and oxygen atoms in total. The van der Waals surface area contributed by atoms with Crippen LogP contribution in [0.25, 0.3) is 0 Å². The first-order valence-corrected chi connectivity index (χ1v) is 5.07. The molecule has 0 bridgehead atoms. The normalized spacial score (nSPS) is 17.5. The molecule has 4 heteroatoms. The lowest BCUT2D eigenvalue weighted by molar-refractivity contribution is 0.0590. The van der Waals surface area contributed by atoms with E-state index < -0.39 is 0 Å². The fraction of sp³-hybridized carbons (Fsp3) is 0.545. The van der Waals surface area contributed by atoms with Gasteiger partial charge in [0.25, 0.3) is 0 Å². The van der Waals surface area contributed by atoms with Crippen molar-refractivity contribution in [2.45, 2.75) is 18.4 Å². The molecule has 1 aromatic heterocycles. The number of carbonyl (C=O) groups excluding carboxylic acids is 1. The largest absolute Gasteiger partial charge is 0.464 e. The zero-order chi connectivity index (χ0) is 11.1. The minimum atomic E-state index is -0.282.